The third-order valence-electron chi connectivity index (χ3n) is 3.09. The molecule has 0 radical (unpaired) electrons. The van der Waals surface area contributed by atoms with Crippen LogP contribution in [0.15, 0.2) is 52.0 Å². The molecule has 1 aromatic carbocycles. The van der Waals surface area contributed by atoms with Crippen LogP contribution < -0.4 is 5.32 Å². The van der Waals surface area contributed by atoms with Crippen LogP contribution >= 0.6 is 11.8 Å². The first-order valence-corrected chi connectivity index (χ1v) is 7.44. The van der Waals surface area contributed by atoms with Crippen molar-refractivity contribution in [3.8, 4) is 0 Å². The molecule has 3 nitrogen and oxygen atoms in total. The third kappa shape index (κ3) is 4.84. The van der Waals surface area contributed by atoms with Gasteiger partial charge in [-0.1, -0.05) is 23.9 Å². The third-order valence-corrected chi connectivity index (χ3v) is 3.82. The summed E-state index contributed by atoms with van der Waals surface area (Å²) in [5, 5.41) is 13.1. The molecule has 0 unspecified atom stereocenters. The summed E-state index contributed by atoms with van der Waals surface area (Å²) in [6.45, 7) is 2.30. The summed E-state index contributed by atoms with van der Waals surface area (Å²) in [4.78, 5) is 0.538. The number of hydrogen-bond donors (Lipinski definition) is 2. The van der Waals surface area contributed by atoms with E-state index >= 15 is 0 Å². The van der Waals surface area contributed by atoms with Gasteiger partial charge >= 0.3 is 0 Å². The number of nitrogens with one attached hydrogen (secondary N) is 1. The highest BCUT2D eigenvalue weighted by atomic mass is 32.2. The lowest BCUT2D eigenvalue weighted by molar-refractivity contribution is 0.144. The van der Waals surface area contributed by atoms with Gasteiger partial charge in [0.1, 0.15) is 11.9 Å². The molecule has 1 heterocycles. The molecular formula is C15H17F2NO2S. The topological polar surface area (TPSA) is 45.4 Å². The number of benzene rings is 1. The van der Waals surface area contributed by atoms with Crippen molar-refractivity contribution in [2.24, 2.45) is 0 Å². The number of aliphatic hydroxyl groups excluding tert-OH is 1. The molecule has 21 heavy (non-hydrogen) atoms. The van der Waals surface area contributed by atoms with Crippen LogP contribution in [0.25, 0.3) is 0 Å². The summed E-state index contributed by atoms with van der Waals surface area (Å²) in [5.41, 5.74) is 0.972. The summed E-state index contributed by atoms with van der Waals surface area (Å²) < 4.78 is 29.6. The van der Waals surface area contributed by atoms with E-state index in [1.54, 1.807) is 24.3 Å². The van der Waals surface area contributed by atoms with Crippen molar-refractivity contribution in [1.29, 1.82) is 0 Å². The fourth-order valence-electron chi connectivity index (χ4n) is 1.93. The average Bonchev–Trinajstić information content (AvgIpc) is 2.99. The fraction of sp³-hybridized carbons (Fsp3) is 0.333. The maximum absolute atomic E-state index is 12.2. The van der Waals surface area contributed by atoms with Crippen LogP contribution in [0.4, 0.5) is 8.78 Å². The molecule has 0 saturated heterocycles. The monoisotopic (exact) mass is 313 g/mol. The SMILES string of the molecule is C[C@H](NC[C@@H](O)c1ccco1)c1ccc(SC(F)F)cc1. The Bertz CT molecular complexity index is 531. The van der Waals surface area contributed by atoms with Crippen molar-refractivity contribution in [2.45, 2.75) is 29.7 Å². The Morgan fingerprint density at radius 3 is 2.52 bits per heavy atom. The molecule has 0 amide bonds. The fourth-order valence-corrected chi connectivity index (χ4v) is 2.42. The van der Waals surface area contributed by atoms with Crippen LogP contribution in [0.2, 0.25) is 0 Å². The van der Waals surface area contributed by atoms with Gasteiger partial charge in [0.2, 0.25) is 0 Å². The average molecular weight is 313 g/mol. The Morgan fingerprint density at radius 2 is 1.95 bits per heavy atom. The normalized spacial score (nSPS) is 14.3. The first kappa shape index (κ1) is 16.0. The van der Waals surface area contributed by atoms with Gasteiger partial charge in [0.05, 0.1) is 6.26 Å². The molecule has 2 aromatic rings. The minimum Gasteiger partial charge on any atom is -0.467 e. The lowest BCUT2D eigenvalue weighted by Crippen LogP contribution is -2.24. The molecule has 0 saturated carbocycles. The molecule has 1 aromatic heterocycles. The molecule has 114 valence electrons. The van der Waals surface area contributed by atoms with Crippen molar-refractivity contribution in [2.75, 3.05) is 6.54 Å². The molecule has 0 aliphatic carbocycles. The minimum atomic E-state index is -2.41. The van der Waals surface area contributed by atoms with Gasteiger partial charge in [-0.3, -0.25) is 0 Å². The van der Waals surface area contributed by atoms with Crippen molar-refractivity contribution in [3.63, 3.8) is 0 Å². The van der Waals surface area contributed by atoms with Gasteiger partial charge < -0.3 is 14.8 Å². The number of halogens is 2. The van der Waals surface area contributed by atoms with Crippen LogP contribution in [0.5, 0.6) is 0 Å². The van der Waals surface area contributed by atoms with Crippen molar-refractivity contribution < 1.29 is 18.3 Å². The molecule has 2 atom stereocenters. The van der Waals surface area contributed by atoms with E-state index in [0.29, 0.717) is 29.0 Å². The van der Waals surface area contributed by atoms with Crippen molar-refractivity contribution in [1.82, 2.24) is 5.32 Å². The van der Waals surface area contributed by atoms with E-state index in [-0.39, 0.29) is 6.04 Å². The van der Waals surface area contributed by atoms with E-state index in [0.717, 1.165) is 5.56 Å². The van der Waals surface area contributed by atoms with E-state index in [1.165, 1.54) is 6.26 Å². The van der Waals surface area contributed by atoms with Gasteiger partial charge in [-0.05, 0) is 36.8 Å². The molecule has 0 aliphatic heterocycles. The lowest BCUT2D eigenvalue weighted by Gasteiger charge is -2.16. The highest BCUT2D eigenvalue weighted by Gasteiger charge is 2.13. The number of hydrogen-bond acceptors (Lipinski definition) is 4. The zero-order chi connectivity index (χ0) is 15.2. The van der Waals surface area contributed by atoms with Crippen molar-refractivity contribution in [3.05, 3.63) is 54.0 Å². The lowest BCUT2D eigenvalue weighted by atomic mass is 10.1. The first-order valence-electron chi connectivity index (χ1n) is 6.56. The summed E-state index contributed by atoms with van der Waals surface area (Å²) in [5.74, 6) is -1.90. The van der Waals surface area contributed by atoms with Gasteiger partial charge in [-0.15, -0.1) is 0 Å². The van der Waals surface area contributed by atoms with E-state index in [9.17, 15) is 13.9 Å². The second kappa shape index (κ2) is 7.59. The molecule has 2 rings (SSSR count). The smallest absolute Gasteiger partial charge is 0.288 e. The first-order chi connectivity index (χ1) is 10.1. The quantitative estimate of drug-likeness (QED) is 0.759. The highest BCUT2D eigenvalue weighted by Crippen LogP contribution is 2.26. The Kier molecular flexibility index (Phi) is 5.78. The van der Waals surface area contributed by atoms with Crippen LogP contribution in [0.3, 0.4) is 0 Å². The van der Waals surface area contributed by atoms with Gasteiger partial charge in [-0.2, -0.15) is 8.78 Å². The summed E-state index contributed by atoms with van der Waals surface area (Å²) in [6.07, 6.45) is 0.803. The molecule has 2 N–H and O–H groups in total. The maximum Gasteiger partial charge on any atom is 0.288 e. The number of furan rings is 1. The summed E-state index contributed by atoms with van der Waals surface area (Å²) in [7, 11) is 0. The summed E-state index contributed by atoms with van der Waals surface area (Å²) in [6, 6.07) is 10.4. The summed E-state index contributed by atoms with van der Waals surface area (Å²) >= 11 is 0.529. The zero-order valence-corrected chi connectivity index (χ0v) is 12.3. The van der Waals surface area contributed by atoms with Gasteiger partial charge in [-0.25, -0.2) is 0 Å². The Hall–Kier alpha value is -1.37. The van der Waals surface area contributed by atoms with Gasteiger partial charge in [0.25, 0.3) is 5.76 Å². The Labute approximate surface area is 126 Å². The second-order valence-corrected chi connectivity index (χ2v) is 5.67. The number of aliphatic hydroxyl groups is 1. The Morgan fingerprint density at radius 1 is 1.24 bits per heavy atom. The molecule has 0 bridgehead atoms. The molecule has 0 spiro atoms. The predicted octanol–water partition coefficient (Wildman–Crippen LogP) is 3.98. The number of alkyl halides is 2. The molecule has 0 fully saturated rings. The second-order valence-electron chi connectivity index (χ2n) is 4.61. The highest BCUT2D eigenvalue weighted by molar-refractivity contribution is 7.99. The number of thioether (sulfide) groups is 1. The maximum atomic E-state index is 12.2. The Balaban J connectivity index is 1.86. The van der Waals surface area contributed by atoms with E-state index < -0.39 is 11.9 Å². The van der Waals surface area contributed by atoms with E-state index in [4.69, 9.17) is 4.42 Å². The van der Waals surface area contributed by atoms with Gasteiger partial charge in [0, 0.05) is 17.5 Å². The molecule has 0 aliphatic rings. The van der Waals surface area contributed by atoms with Crippen LogP contribution in [-0.2, 0) is 0 Å². The number of rotatable bonds is 7. The van der Waals surface area contributed by atoms with Crippen molar-refractivity contribution >= 4 is 11.8 Å². The molecular weight excluding hydrogens is 296 g/mol. The standard InChI is InChI=1S/C15H17F2NO2S/c1-10(18-9-13(19)14-3-2-8-20-14)11-4-6-12(7-5-11)21-15(16)17/h2-8,10,13,15,18-19H,9H2,1H3/t10-,13+/m0/s1. The molecule has 6 heteroatoms. The van der Waals surface area contributed by atoms with E-state index in [2.05, 4.69) is 5.32 Å². The minimum absolute atomic E-state index is 0.000197. The van der Waals surface area contributed by atoms with E-state index in [1.807, 2.05) is 19.1 Å². The van der Waals surface area contributed by atoms with Crippen LogP contribution in [0.1, 0.15) is 30.4 Å². The van der Waals surface area contributed by atoms with Crippen LogP contribution in [-0.4, -0.2) is 17.4 Å². The largest absolute Gasteiger partial charge is 0.467 e. The zero-order valence-electron chi connectivity index (χ0n) is 11.5. The van der Waals surface area contributed by atoms with Crippen LogP contribution in [0, 0.1) is 0 Å². The predicted molar refractivity (Wildman–Crippen MR) is 78.4 cm³/mol. The van der Waals surface area contributed by atoms with Gasteiger partial charge in [0.15, 0.2) is 0 Å².